The van der Waals surface area contributed by atoms with Gasteiger partial charge in [0.05, 0.1) is 5.41 Å². The highest BCUT2D eigenvalue weighted by Crippen LogP contribution is 2.32. The van der Waals surface area contributed by atoms with Gasteiger partial charge in [-0.05, 0) is 103 Å². The summed E-state index contributed by atoms with van der Waals surface area (Å²) in [6.45, 7) is 5.87. The van der Waals surface area contributed by atoms with E-state index in [-0.39, 0.29) is 59.9 Å². The van der Waals surface area contributed by atoms with Gasteiger partial charge in [-0.3, -0.25) is 4.79 Å². The molecular weight excluding hydrogens is 749 g/mol. The molecule has 58 heavy (non-hydrogen) atoms. The summed E-state index contributed by atoms with van der Waals surface area (Å²) in [5.41, 5.74) is 4.67. The Hall–Kier alpha value is -6.75. The van der Waals surface area contributed by atoms with Crippen LogP contribution in [0.5, 0.6) is 11.5 Å². The van der Waals surface area contributed by atoms with E-state index in [2.05, 4.69) is 9.98 Å². The zero-order chi connectivity index (χ0) is 41.0. The summed E-state index contributed by atoms with van der Waals surface area (Å²) in [6.07, 6.45) is 0. The average molecular weight is 787 g/mol. The lowest BCUT2D eigenvalue weighted by Crippen LogP contribution is -2.25. The third kappa shape index (κ3) is 8.94. The van der Waals surface area contributed by atoms with Crippen LogP contribution in [0, 0.1) is 28.7 Å². The molecule has 0 bridgehead atoms. The number of hydrogen-bond donors (Lipinski definition) is 1. The number of nitrogens with zero attached hydrogens (tertiary/aromatic N) is 2. The fourth-order valence-electron chi connectivity index (χ4n) is 6.19. The second-order valence-corrected chi connectivity index (χ2v) is 14.7. The highest BCUT2D eigenvalue weighted by atomic mass is 19.1. The van der Waals surface area contributed by atoms with Crippen LogP contribution in [-0.2, 0) is 14.3 Å². The Morgan fingerprint density at radius 1 is 0.569 bits per heavy atom. The monoisotopic (exact) mass is 786 g/mol. The predicted molar refractivity (Wildman–Crippen MR) is 214 cm³/mol. The second kappa shape index (κ2) is 16.8. The Bertz CT molecular complexity index is 2440. The molecule has 6 aromatic rings. The summed E-state index contributed by atoms with van der Waals surface area (Å²) >= 11 is 0. The summed E-state index contributed by atoms with van der Waals surface area (Å²) in [6, 6.07) is 36.4. The van der Waals surface area contributed by atoms with Gasteiger partial charge in [0, 0.05) is 0 Å². The normalized spacial score (nSPS) is 16.0. The summed E-state index contributed by atoms with van der Waals surface area (Å²) < 4.78 is 72.1. The molecular formula is C47H38F4N2O5. The molecule has 0 radical (unpaired) electrons. The Labute approximate surface area is 332 Å². The lowest BCUT2D eigenvalue weighted by atomic mass is 9.97. The van der Waals surface area contributed by atoms with Gasteiger partial charge in [0.1, 0.15) is 71.2 Å². The van der Waals surface area contributed by atoms with Crippen LogP contribution in [0.2, 0.25) is 0 Å². The molecule has 0 fully saturated rings. The SMILES string of the molecule is CC(C)(C)C(=O)Oc1ccc(-c2ccc(C3COC(c4c(F)cccc4F)=N3)cc2)cc1.Oc1ccc(-c2ccc(C3COC(c4c(F)cccc4F)=N3)cc2)cc1. The lowest BCUT2D eigenvalue weighted by molar-refractivity contribution is -0.143. The lowest BCUT2D eigenvalue weighted by Gasteiger charge is -2.16. The highest BCUT2D eigenvalue weighted by molar-refractivity contribution is 5.96. The predicted octanol–water partition coefficient (Wildman–Crippen LogP) is 11.0. The van der Waals surface area contributed by atoms with Gasteiger partial charge in [0.2, 0.25) is 11.8 Å². The Balaban J connectivity index is 0.000000180. The van der Waals surface area contributed by atoms with E-state index >= 15 is 0 Å². The molecule has 8 rings (SSSR count). The molecule has 2 aliphatic rings. The molecule has 0 aromatic heterocycles. The minimum Gasteiger partial charge on any atom is -0.508 e. The van der Waals surface area contributed by atoms with Gasteiger partial charge in [-0.15, -0.1) is 0 Å². The number of ether oxygens (including phenoxy) is 3. The van der Waals surface area contributed by atoms with E-state index in [0.717, 1.165) is 33.4 Å². The Morgan fingerprint density at radius 3 is 1.28 bits per heavy atom. The molecule has 2 unspecified atom stereocenters. The van der Waals surface area contributed by atoms with Crippen LogP contribution in [0.25, 0.3) is 22.3 Å². The van der Waals surface area contributed by atoms with Crippen LogP contribution in [0.1, 0.15) is 55.1 Å². The van der Waals surface area contributed by atoms with Gasteiger partial charge < -0.3 is 19.3 Å². The van der Waals surface area contributed by atoms with Crippen molar-refractivity contribution >= 4 is 17.8 Å². The Morgan fingerprint density at radius 2 is 0.914 bits per heavy atom. The number of halogens is 4. The first-order valence-corrected chi connectivity index (χ1v) is 18.5. The van der Waals surface area contributed by atoms with Gasteiger partial charge in [0.15, 0.2) is 0 Å². The molecule has 0 amide bonds. The van der Waals surface area contributed by atoms with Crippen LogP contribution in [0.4, 0.5) is 17.6 Å². The fourth-order valence-corrected chi connectivity index (χ4v) is 6.19. The van der Waals surface area contributed by atoms with Crippen molar-refractivity contribution in [3.05, 3.63) is 179 Å². The van der Waals surface area contributed by atoms with Gasteiger partial charge in [-0.1, -0.05) is 84.9 Å². The van der Waals surface area contributed by atoms with E-state index in [0.29, 0.717) is 5.75 Å². The van der Waals surface area contributed by atoms with E-state index < -0.39 is 28.7 Å². The zero-order valence-corrected chi connectivity index (χ0v) is 31.8. The van der Waals surface area contributed by atoms with Crippen LogP contribution in [0.3, 0.4) is 0 Å². The van der Waals surface area contributed by atoms with Crippen LogP contribution in [-0.4, -0.2) is 36.1 Å². The standard InChI is InChI=1S/C26H23F2NO3.C21H15F2NO2/c1-26(2,3)25(30)32-19-13-11-17(12-14-19)16-7-9-18(10-8-16)22-15-31-24(29-22)23-20(27)5-4-6-21(23)28;22-17-2-1-3-18(23)20(17)21-24-19(12-26-21)15-6-4-13(5-7-15)14-8-10-16(25)11-9-14/h4-14,22H,15H2,1-3H3;1-11,19,25H,12H2. The first-order valence-electron chi connectivity index (χ1n) is 18.5. The molecule has 2 heterocycles. The van der Waals surface area contributed by atoms with E-state index in [9.17, 15) is 27.5 Å². The van der Waals surface area contributed by atoms with Crippen molar-refractivity contribution in [1.82, 2.24) is 0 Å². The third-order valence-electron chi connectivity index (χ3n) is 9.46. The number of carbonyl (C=O) groups excluding carboxylic acids is 1. The third-order valence-corrected chi connectivity index (χ3v) is 9.46. The largest absolute Gasteiger partial charge is 0.508 e. The summed E-state index contributed by atoms with van der Waals surface area (Å²) in [5, 5.41) is 9.37. The van der Waals surface area contributed by atoms with E-state index in [4.69, 9.17) is 14.2 Å². The molecule has 2 atom stereocenters. The number of aromatic hydroxyl groups is 1. The maximum absolute atomic E-state index is 14.0. The molecule has 0 aliphatic carbocycles. The maximum Gasteiger partial charge on any atom is 0.316 e. The molecule has 294 valence electrons. The quantitative estimate of drug-likeness (QED) is 0.0989. The van der Waals surface area contributed by atoms with Gasteiger partial charge in [0.25, 0.3) is 0 Å². The molecule has 0 saturated carbocycles. The number of phenols is 1. The van der Waals surface area contributed by atoms with E-state index in [1.165, 1.54) is 36.4 Å². The fraction of sp³-hybridized carbons (Fsp3) is 0.170. The Kier molecular flexibility index (Phi) is 11.4. The number of carbonyl (C=O) groups is 1. The van der Waals surface area contributed by atoms with Gasteiger partial charge >= 0.3 is 5.97 Å². The van der Waals surface area contributed by atoms with Gasteiger partial charge in [-0.2, -0.15) is 0 Å². The number of esters is 1. The first-order chi connectivity index (χ1) is 27.8. The van der Waals surface area contributed by atoms with Crippen LogP contribution in [0.15, 0.2) is 143 Å². The molecule has 6 aromatic carbocycles. The number of rotatable bonds is 7. The molecule has 2 aliphatic heterocycles. The van der Waals surface area contributed by atoms with Crippen LogP contribution >= 0.6 is 0 Å². The molecule has 0 spiro atoms. The van der Waals surface area contributed by atoms with Crippen molar-refractivity contribution in [1.29, 1.82) is 0 Å². The summed E-state index contributed by atoms with van der Waals surface area (Å²) in [4.78, 5) is 20.7. The molecule has 1 N–H and O–H groups in total. The van der Waals surface area contributed by atoms with E-state index in [1.54, 1.807) is 45.0 Å². The number of benzene rings is 6. The summed E-state index contributed by atoms with van der Waals surface area (Å²) in [5.74, 6) is -2.37. The van der Waals surface area contributed by atoms with Crippen molar-refractivity contribution in [2.45, 2.75) is 32.9 Å². The van der Waals surface area contributed by atoms with E-state index in [1.807, 2.05) is 72.8 Å². The minimum absolute atomic E-state index is 0.00629. The van der Waals surface area contributed by atoms with Crippen molar-refractivity contribution in [3.63, 3.8) is 0 Å². The van der Waals surface area contributed by atoms with Crippen molar-refractivity contribution in [2.75, 3.05) is 13.2 Å². The van der Waals surface area contributed by atoms with Crippen molar-refractivity contribution in [2.24, 2.45) is 15.4 Å². The van der Waals surface area contributed by atoms with Crippen LogP contribution < -0.4 is 4.74 Å². The van der Waals surface area contributed by atoms with Gasteiger partial charge in [-0.25, -0.2) is 27.5 Å². The number of phenolic OH excluding ortho intramolecular Hbond substituents is 1. The summed E-state index contributed by atoms with van der Waals surface area (Å²) in [7, 11) is 0. The number of aliphatic imine (C=N–C) groups is 2. The smallest absolute Gasteiger partial charge is 0.316 e. The number of hydrogen-bond acceptors (Lipinski definition) is 7. The molecule has 0 saturated heterocycles. The zero-order valence-electron chi connectivity index (χ0n) is 31.8. The average Bonchev–Trinajstić information content (AvgIpc) is 3.90. The maximum atomic E-state index is 14.0. The topological polar surface area (TPSA) is 89.7 Å². The highest BCUT2D eigenvalue weighted by Gasteiger charge is 2.28. The molecule has 7 nitrogen and oxygen atoms in total. The molecule has 11 heteroatoms. The van der Waals surface area contributed by atoms with Crippen molar-refractivity contribution in [3.8, 4) is 33.8 Å². The first kappa shape index (κ1) is 39.5. The van der Waals surface area contributed by atoms with Crippen molar-refractivity contribution < 1.29 is 41.7 Å². The second-order valence-electron chi connectivity index (χ2n) is 14.7. The minimum atomic E-state index is -0.698.